The van der Waals surface area contributed by atoms with Gasteiger partial charge in [-0.25, -0.2) is 0 Å². The zero-order valence-corrected chi connectivity index (χ0v) is 17.2. The first-order valence-corrected chi connectivity index (χ1v) is 10.8. The Labute approximate surface area is 177 Å². The Bertz CT molecular complexity index is 904. The third-order valence-electron chi connectivity index (χ3n) is 5.95. The van der Waals surface area contributed by atoms with Crippen LogP contribution < -0.4 is 15.5 Å². The summed E-state index contributed by atoms with van der Waals surface area (Å²) in [6, 6.07) is 11.9. The van der Waals surface area contributed by atoms with Gasteiger partial charge in [0.1, 0.15) is 11.8 Å². The monoisotopic (exact) mass is 407 g/mol. The molecule has 6 nitrogen and oxygen atoms in total. The molecular weight excluding hydrogens is 378 g/mol. The molecule has 1 aliphatic heterocycles. The molecule has 0 saturated heterocycles. The number of rotatable bonds is 7. The van der Waals surface area contributed by atoms with Gasteiger partial charge in [0, 0.05) is 25.3 Å². The number of anilines is 1. The van der Waals surface area contributed by atoms with Gasteiger partial charge in [-0.05, 0) is 62.3 Å². The molecule has 0 unspecified atom stereocenters. The van der Waals surface area contributed by atoms with E-state index in [4.69, 9.17) is 4.42 Å². The maximum Gasteiger partial charge on any atom is 0.309 e. The SMILES string of the molecule is O=C(NCCC1=CCCCC1)C(=O)NC[C@@H](c1ccco1)N1CCc2ccccc21. The van der Waals surface area contributed by atoms with Crippen molar-refractivity contribution in [3.8, 4) is 0 Å². The molecule has 2 amide bonds. The Morgan fingerprint density at radius 2 is 1.90 bits per heavy atom. The molecular formula is C24H29N3O3. The first kappa shape index (κ1) is 20.3. The third-order valence-corrected chi connectivity index (χ3v) is 5.95. The van der Waals surface area contributed by atoms with Gasteiger partial charge < -0.3 is 20.0 Å². The highest BCUT2D eigenvalue weighted by atomic mass is 16.3. The van der Waals surface area contributed by atoms with E-state index in [9.17, 15) is 9.59 Å². The van der Waals surface area contributed by atoms with Gasteiger partial charge in [-0.15, -0.1) is 0 Å². The highest BCUT2D eigenvalue weighted by Gasteiger charge is 2.29. The van der Waals surface area contributed by atoms with Gasteiger partial charge in [0.25, 0.3) is 0 Å². The lowest BCUT2D eigenvalue weighted by Gasteiger charge is -2.29. The van der Waals surface area contributed by atoms with E-state index in [0.29, 0.717) is 13.1 Å². The van der Waals surface area contributed by atoms with Gasteiger partial charge in [-0.3, -0.25) is 9.59 Å². The van der Waals surface area contributed by atoms with Crippen molar-refractivity contribution in [2.24, 2.45) is 0 Å². The number of carbonyl (C=O) groups excluding carboxylic acids is 2. The zero-order valence-electron chi connectivity index (χ0n) is 17.2. The number of fused-ring (bicyclic) bond motifs is 1. The van der Waals surface area contributed by atoms with Crippen LogP contribution in [-0.4, -0.2) is 31.4 Å². The van der Waals surface area contributed by atoms with Crippen LogP contribution >= 0.6 is 0 Å². The molecule has 4 rings (SSSR count). The summed E-state index contributed by atoms with van der Waals surface area (Å²) in [5.74, 6) is -0.403. The fourth-order valence-corrected chi connectivity index (χ4v) is 4.35. The van der Waals surface area contributed by atoms with Gasteiger partial charge in [-0.2, -0.15) is 0 Å². The van der Waals surface area contributed by atoms with Crippen LogP contribution in [0.4, 0.5) is 5.69 Å². The Balaban J connectivity index is 1.33. The van der Waals surface area contributed by atoms with Gasteiger partial charge in [0.15, 0.2) is 0 Å². The van der Waals surface area contributed by atoms with Crippen LogP contribution in [0, 0.1) is 0 Å². The standard InChI is InChI=1S/C24H29N3O3/c28-23(25-14-12-18-7-2-1-3-8-18)24(29)26-17-21(22-11-6-16-30-22)27-15-13-19-9-4-5-10-20(19)27/h4-7,9-11,16,21H,1-3,8,12-15,17H2,(H,25,28)(H,26,29)/t21-/m0/s1. The summed E-state index contributed by atoms with van der Waals surface area (Å²) in [4.78, 5) is 26.8. The number of carbonyl (C=O) groups is 2. The molecule has 1 aromatic heterocycles. The van der Waals surface area contributed by atoms with Crippen LogP contribution in [0.1, 0.15) is 49.5 Å². The summed E-state index contributed by atoms with van der Waals surface area (Å²) in [6.45, 7) is 1.65. The van der Waals surface area contributed by atoms with E-state index in [0.717, 1.165) is 43.7 Å². The summed E-state index contributed by atoms with van der Waals surface area (Å²) in [5.41, 5.74) is 3.82. The van der Waals surface area contributed by atoms with Crippen LogP contribution in [0.25, 0.3) is 0 Å². The molecule has 30 heavy (non-hydrogen) atoms. The highest BCUT2D eigenvalue weighted by molar-refractivity contribution is 6.35. The van der Waals surface area contributed by atoms with Crippen molar-refractivity contribution in [2.45, 2.75) is 44.6 Å². The van der Waals surface area contributed by atoms with Gasteiger partial charge in [0.05, 0.1) is 6.26 Å². The maximum atomic E-state index is 12.4. The first-order valence-electron chi connectivity index (χ1n) is 10.8. The Kier molecular flexibility index (Phi) is 6.52. The van der Waals surface area contributed by atoms with E-state index in [-0.39, 0.29) is 6.04 Å². The predicted octanol–water partition coefficient (Wildman–Crippen LogP) is 3.51. The average Bonchev–Trinajstić information content (AvgIpc) is 3.45. The number of furan rings is 1. The van der Waals surface area contributed by atoms with Gasteiger partial charge >= 0.3 is 11.8 Å². The second-order valence-electron chi connectivity index (χ2n) is 7.93. The molecule has 2 aliphatic rings. The Hall–Kier alpha value is -3.02. The number of hydrogen-bond donors (Lipinski definition) is 2. The van der Waals surface area contributed by atoms with Crippen molar-refractivity contribution in [3.05, 3.63) is 65.6 Å². The molecule has 6 heteroatoms. The zero-order chi connectivity index (χ0) is 20.8. The minimum absolute atomic E-state index is 0.159. The smallest absolute Gasteiger partial charge is 0.309 e. The summed E-state index contributed by atoms with van der Waals surface area (Å²) in [7, 11) is 0. The van der Waals surface area contributed by atoms with Crippen LogP contribution in [-0.2, 0) is 16.0 Å². The summed E-state index contributed by atoms with van der Waals surface area (Å²) in [6.07, 6.45) is 10.4. The number of amides is 2. The number of allylic oxidation sites excluding steroid dienone is 1. The molecule has 2 N–H and O–H groups in total. The quantitative estimate of drug-likeness (QED) is 0.544. The van der Waals surface area contributed by atoms with Crippen LogP contribution in [0.3, 0.4) is 0 Å². The van der Waals surface area contributed by atoms with Crippen molar-refractivity contribution < 1.29 is 14.0 Å². The highest BCUT2D eigenvalue weighted by Crippen LogP contribution is 2.34. The first-order chi connectivity index (χ1) is 14.7. The summed E-state index contributed by atoms with van der Waals surface area (Å²) >= 11 is 0. The molecule has 0 bridgehead atoms. The molecule has 2 aromatic rings. The summed E-state index contributed by atoms with van der Waals surface area (Å²) in [5, 5.41) is 5.54. The van der Waals surface area contributed by atoms with E-state index in [1.165, 1.54) is 24.0 Å². The van der Waals surface area contributed by atoms with Crippen LogP contribution in [0.15, 0.2) is 58.7 Å². The van der Waals surface area contributed by atoms with Crippen molar-refractivity contribution >= 4 is 17.5 Å². The Morgan fingerprint density at radius 3 is 2.70 bits per heavy atom. The van der Waals surface area contributed by atoms with Crippen LogP contribution in [0.2, 0.25) is 0 Å². The molecule has 0 saturated carbocycles. The number of nitrogens with zero attached hydrogens (tertiary/aromatic N) is 1. The van der Waals surface area contributed by atoms with E-state index >= 15 is 0 Å². The largest absolute Gasteiger partial charge is 0.467 e. The molecule has 0 spiro atoms. The molecule has 1 aliphatic carbocycles. The minimum Gasteiger partial charge on any atom is -0.467 e. The molecule has 1 atom stereocenters. The van der Waals surface area contributed by atoms with Crippen LogP contribution in [0.5, 0.6) is 0 Å². The maximum absolute atomic E-state index is 12.4. The van der Waals surface area contributed by atoms with Crippen molar-refractivity contribution in [1.29, 1.82) is 0 Å². The second kappa shape index (κ2) is 9.65. The molecule has 1 aromatic carbocycles. The lowest BCUT2D eigenvalue weighted by Crippen LogP contribution is -2.44. The summed E-state index contributed by atoms with van der Waals surface area (Å²) < 4.78 is 5.65. The third kappa shape index (κ3) is 4.75. The number of nitrogens with one attached hydrogen (secondary N) is 2. The van der Waals surface area contributed by atoms with E-state index in [1.807, 2.05) is 24.3 Å². The normalized spacial score (nSPS) is 16.5. The fourth-order valence-electron chi connectivity index (χ4n) is 4.35. The van der Waals surface area contributed by atoms with Crippen molar-refractivity contribution in [3.63, 3.8) is 0 Å². The van der Waals surface area contributed by atoms with E-state index in [2.05, 4.69) is 33.7 Å². The lowest BCUT2D eigenvalue weighted by atomic mass is 9.97. The molecule has 158 valence electrons. The van der Waals surface area contributed by atoms with E-state index < -0.39 is 11.8 Å². The second-order valence-corrected chi connectivity index (χ2v) is 7.93. The molecule has 2 heterocycles. The van der Waals surface area contributed by atoms with Crippen molar-refractivity contribution in [1.82, 2.24) is 10.6 Å². The van der Waals surface area contributed by atoms with E-state index in [1.54, 1.807) is 6.26 Å². The fraction of sp³-hybridized carbons (Fsp3) is 0.417. The molecule has 0 fully saturated rings. The van der Waals surface area contributed by atoms with Crippen molar-refractivity contribution in [2.75, 3.05) is 24.5 Å². The molecule has 0 radical (unpaired) electrons. The number of benzene rings is 1. The Morgan fingerprint density at radius 1 is 1.03 bits per heavy atom. The number of hydrogen-bond acceptors (Lipinski definition) is 4. The topological polar surface area (TPSA) is 74.6 Å². The number of para-hydroxylation sites is 1. The average molecular weight is 408 g/mol. The lowest BCUT2D eigenvalue weighted by molar-refractivity contribution is -0.139. The predicted molar refractivity (Wildman–Crippen MR) is 116 cm³/mol. The minimum atomic E-state index is -0.600. The van der Waals surface area contributed by atoms with Gasteiger partial charge in [0.2, 0.25) is 0 Å². The van der Waals surface area contributed by atoms with Gasteiger partial charge in [-0.1, -0.05) is 29.8 Å².